The minimum absolute atomic E-state index is 0.596. The molecular formula is C13H13BrN2S. The van der Waals surface area contributed by atoms with Gasteiger partial charge in [0.2, 0.25) is 0 Å². The van der Waals surface area contributed by atoms with E-state index in [9.17, 15) is 0 Å². The van der Waals surface area contributed by atoms with Gasteiger partial charge in [-0.15, -0.1) is 11.8 Å². The fraction of sp³-hybridized carbons (Fsp3) is 0.154. The molecule has 88 valence electrons. The second-order valence-corrected chi connectivity index (χ2v) is 5.42. The molecule has 0 fully saturated rings. The lowest BCUT2D eigenvalue weighted by molar-refractivity contribution is 1.07. The summed E-state index contributed by atoms with van der Waals surface area (Å²) in [5.74, 6) is 0.917. The molecule has 2 rings (SSSR count). The third-order valence-corrected chi connectivity index (χ3v) is 4.34. The normalized spacial score (nSPS) is 10.5. The molecular weight excluding hydrogens is 296 g/mol. The molecule has 0 saturated heterocycles. The van der Waals surface area contributed by atoms with Gasteiger partial charge < -0.3 is 5.73 Å². The molecule has 0 radical (unpaired) electrons. The SMILES string of the molecule is NCc1ccc(CSc2ncccc2Br)cc1. The van der Waals surface area contributed by atoms with Crippen molar-refractivity contribution >= 4 is 27.7 Å². The van der Waals surface area contributed by atoms with E-state index in [1.165, 1.54) is 5.56 Å². The van der Waals surface area contributed by atoms with E-state index in [1.807, 2.05) is 18.3 Å². The Labute approximate surface area is 114 Å². The van der Waals surface area contributed by atoms with Crippen LogP contribution in [0.2, 0.25) is 0 Å². The van der Waals surface area contributed by atoms with Gasteiger partial charge in [-0.2, -0.15) is 0 Å². The third kappa shape index (κ3) is 3.56. The number of halogens is 1. The molecule has 4 heteroatoms. The lowest BCUT2D eigenvalue weighted by atomic mass is 10.1. The highest BCUT2D eigenvalue weighted by atomic mass is 79.9. The van der Waals surface area contributed by atoms with Crippen molar-refractivity contribution < 1.29 is 0 Å². The van der Waals surface area contributed by atoms with E-state index in [-0.39, 0.29) is 0 Å². The quantitative estimate of drug-likeness (QED) is 0.877. The summed E-state index contributed by atoms with van der Waals surface area (Å²) in [5.41, 5.74) is 8.01. The van der Waals surface area contributed by atoms with Gasteiger partial charge in [0.15, 0.2) is 0 Å². The fourth-order valence-corrected chi connectivity index (χ4v) is 2.84. The molecule has 1 heterocycles. The van der Waals surface area contributed by atoms with Crippen molar-refractivity contribution in [3.63, 3.8) is 0 Å². The molecule has 0 aliphatic heterocycles. The van der Waals surface area contributed by atoms with Crippen LogP contribution in [0.15, 0.2) is 52.1 Å². The van der Waals surface area contributed by atoms with Crippen molar-refractivity contribution in [2.24, 2.45) is 5.73 Å². The molecule has 0 saturated carbocycles. The summed E-state index contributed by atoms with van der Waals surface area (Å²) in [6, 6.07) is 12.3. The predicted molar refractivity (Wildman–Crippen MR) is 75.8 cm³/mol. The van der Waals surface area contributed by atoms with E-state index in [0.717, 1.165) is 20.8 Å². The molecule has 0 atom stereocenters. The Morgan fingerprint density at radius 3 is 2.47 bits per heavy atom. The molecule has 0 bridgehead atoms. The number of hydrogen-bond donors (Lipinski definition) is 1. The molecule has 1 aromatic heterocycles. The summed E-state index contributed by atoms with van der Waals surface area (Å²) in [6.45, 7) is 0.596. The molecule has 2 N–H and O–H groups in total. The largest absolute Gasteiger partial charge is 0.326 e. The molecule has 2 aromatic rings. The summed E-state index contributed by atoms with van der Waals surface area (Å²) in [5, 5.41) is 1.02. The van der Waals surface area contributed by atoms with Crippen LogP contribution < -0.4 is 5.73 Å². The molecule has 2 nitrogen and oxygen atoms in total. The molecule has 0 unspecified atom stereocenters. The zero-order valence-electron chi connectivity index (χ0n) is 9.27. The first-order valence-electron chi connectivity index (χ1n) is 5.31. The van der Waals surface area contributed by atoms with Crippen LogP contribution in [-0.4, -0.2) is 4.98 Å². The minimum Gasteiger partial charge on any atom is -0.326 e. The lowest BCUT2D eigenvalue weighted by Gasteiger charge is -2.04. The highest BCUT2D eigenvalue weighted by Crippen LogP contribution is 2.27. The van der Waals surface area contributed by atoms with Crippen LogP contribution in [-0.2, 0) is 12.3 Å². The molecule has 1 aromatic carbocycles. The minimum atomic E-state index is 0.596. The maximum absolute atomic E-state index is 5.56. The summed E-state index contributed by atoms with van der Waals surface area (Å²) < 4.78 is 1.04. The van der Waals surface area contributed by atoms with Crippen LogP contribution in [0.4, 0.5) is 0 Å². The number of benzene rings is 1. The highest BCUT2D eigenvalue weighted by molar-refractivity contribution is 9.10. The van der Waals surface area contributed by atoms with E-state index in [1.54, 1.807) is 11.8 Å². The number of aromatic nitrogens is 1. The predicted octanol–water partition coefficient (Wildman–Crippen LogP) is 3.60. The highest BCUT2D eigenvalue weighted by Gasteiger charge is 2.01. The monoisotopic (exact) mass is 308 g/mol. The molecule has 0 aliphatic rings. The second kappa shape index (κ2) is 6.19. The van der Waals surface area contributed by atoms with Crippen molar-refractivity contribution in [2.75, 3.05) is 0 Å². The van der Waals surface area contributed by atoms with Gasteiger partial charge in [-0.1, -0.05) is 24.3 Å². The van der Waals surface area contributed by atoms with Crippen molar-refractivity contribution in [3.05, 3.63) is 58.2 Å². The van der Waals surface area contributed by atoms with E-state index in [4.69, 9.17) is 5.73 Å². The fourth-order valence-electron chi connectivity index (χ4n) is 1.40. The van der Waals surface area contributed by atoms with Crippen molar-refractivity contribution in [1.29, 1.82) is 0 Å². The van der Waals surface area contributed by atoms with Gasteiger partial charge in [0.25, 0.3) is 0 Å². The van der Waals surface area contributed by atoms with Crippen LogP contribution in [0.25, 0.3) is 0 Å². The van der Waals surface area contributed by atoms with E-state index in [2.05, 4.69) is 45.2 Å². The topological polar surface area (TPSA) is 38.9 Å². The summed E-state index contributed by atoms with van der Waals surface area (Å²) >= 11 is 5.22. The Morgan fingerprint density at radius 1 is 1.12 bits per heavy atom. The average molecular weight is 309 g/mol. The van der Waals surface area contributed by atoms with E-state index >= 15 is 0 Å². The molecule has 17 heavy (non-hydrogen) atoms. The van der Waals surface area contributed by atoms with Gasteiger partial charge >= 0.3 is 0 Å². The number of nitrogens with zero attached hydrogens (tertiary/aromatic N) is 1. The van der Waals surface area contributed by atoms with Gasteiger partial charge in [0.1, 0.15) is 5.03 Å². The average Bonchev–Trinajstić information content (AvgIpc) is 2.38. The Bertz CT molecular complexity index is 485. The number of nitrogens with two attached hydrogens (primary N) is 1. The Morgan fingerprint density at radius 2 is 1.82 bits per heavy atom. The maximum Gasteiger partial charge on any atom is 0.110 e. The van der Waals surface area contributed by atoms with E-state index in [0.29, 0.717) is 6.54 Å². The zero-order valence-corrected chi connectivity index (χ0v) is 11.7. The Hall–Kier alpha value is -0.840. The zero-order chi connectivity index (χ0) is 12.1. The van der Waals surface area contributed by atoms with Crippen LogP contribution in [0.5, 0.6) is 0 Å². The summed E-state index contributed by atoms with van der Waals surface area (Å²) in [7, 11) is 0. The number of pyridine rings is 1. The van der Waals surface area contributed by atoms with Crippen LogP contribution in [0, 0.1) is 0 Å². The van der Waals surface area contributed by atoms with Gasteiger partial charge in [-0.25, -0.2) is 4.98 Å². The third-order valence-electron chi connectivity index (χ3n) is 2.36. The van der Waals surface area contributed by atoms with Crippen LogP contribution in [0.1, 0.15) is 11.1 Å². The smallest absolute Gasteiger partial charge is 0.110 e. The number of hydrogen-bond acceptors (Lipinski definition) is 3. The molecule has 0 amide bonds. The summed E-state index contributed by atoms with van der Waals surface area (Å²) in [4.78, 5) is 4.32. The van der Waals surface area contributed by atoms with Crippen molar-refractivity contribution in [2.45, 2.75) is 17.3 Å². The van der Waals surface area contributed by atoms with Gasteiger partial charge in [-0.05, 0) is 39.2 Å². The van der Waals surface area contributed by atoms with Gasteiger partial charge in [0.05, 0.1) is 0 Å². The van der Waals surface area contributed by atoms with Gasteiger partial charge in [0, 0.05) is 23.0 Å². The lowest BCUT2D eigenvalue weighted by Crippen LogP contribution is -1.95. The first-order chi connectivity index (χ1) is 8.29. The Kier molecular flexibility index (Phi) is 4.59. The number of thioether (sulfide) groups is 1. The number of rotatable bonds is 4. The molecule has 0 spiro atoms. The van der Waals surface area contributed by atoms with Gasteiger partial charge in [-0.3, -0.25) is 0 Å². The van der Waals surface area contributed by atoms with Crippen molar-refractivity contribution in [3.8, 4) is 0 Å². The second-order valence-electron chi connectivity index (χ2n) is 3.60. The molecule has 0 aliphatic carbocycles. The van der Waals surface area contributed by atoms with E-state index < -0.39 is 0 Å². The first kappa shape index (κ1) is 12.6. The van der Waals surface area contributed by atoms with Crippen molar-refractivity contribution in [1.82, 2.24) is 4.98 Å². The first-order valence-corrected chi connectivity index (χ1v) is 7.08. The standard InChI is InChI=1S/C13H13BrN2S/c14-12-2-1-7-16-13(12)17-9-11-5-3-10(8-15)4-6-11/h1-7H,8-9,15H2. The summed E-state index contributed by atoms with van der Waals surface area (Å²) in [6.07, 6.45) is 1.81. The van der Waals surface area contributed by atoms with Crippen LogP contribution in [0.3, 0.4) is 0 Å². The Balaban J connectivity index is 2.00. The maximum atomic E-state index is 5.56. The van der Waals surface area contributed by atoms with Crippen LogP contribution >= 0.6 is 27.7 Å².